The van der Waals surface area contributed by atoms with Gasteiger partial charge >= 0.3 is 0 Å². The molecular formula is C22H29N3O3. The molecule has 0 heterocycles. The van der Waals surface area contributed by atoms with E-state index in [0.717, 1.165) is 22.6 Å². The van der Waals surface area contributed by atoms with Crippen LogP contribution in [-0.2, 0) is 17.8 Å². The highest BCUT2D eigenvalue weighted by atomic mass is 16.5. The van der Waals surface area contributed by atoms with E-state index < -0.39 is 0 Å². The maximum Gasteiger partial charge on any atom is 0.191 e. The molecule has 0 fully saturated rings. The number of guanidine groups is 1. The van der Waals surface area contributed by atoms with E-state index in [9.17, 15) is 0 Å². The van der Waals surface area contributed by atoms with Crippen LogP contribution in [0.15, 0.2) is 66.2 Å². The third-order valence-electron chi connectivity index (χ3n) is 3.91. The summed E-state index contributed by atoms with van der Waals surface area (Å²) < 4.78 is 16.4. The number of para-hydroxylation sites is 1. The van der Waals surface area contributed by atoms with E-state index in [1.54, 1.807) is 20.2 Å². The van der Waals surface area contributed by atoms with E-state index in [1.165, 1.54) is 0 Å². The topological polar surface area (TPSA) is 64.1 Å². The molecule has 0 amide bonds. The van der Waals surface area contributed by atoms with Crippen molar-refractivity contribution in [2.75, 3.05) is 34.0 Å². The van der Waals surface area contributed by atoms with Gasteiger partial charge in [0.25, 0.3) is 0 Å². The van der Waals surface area contributed by atoms with Crippen LogP contribution in [0.2, 0.25) is 0 Å². The molecule has 2 aromatic carbocycles. The van der Waals surface area contributed by atoms with Crippen molar-refractivity contribution in [3.63, 3.8) is 0 Å². The molecule has 150 valence electrons. The van der Waals surface area contributed by atoms with Crippen molar-refractivity contribution in [2.24, 2.45) is 4.99 Å². The van der Waals surface area contributed by atoms with E-state index in [2.05, 4.69) is 22.2 Å². The largest absolute Gasteiger partial charge is 0.491 e. The van der Waals surface area contributed by atoms with Gasteiger partial charge in [-0.2, -0.15) is 0 Å². The van der Waals surface area contributed by atoms with E-state index >= 15 is 0 Å². The number of nitrogens with one attached hydrogen (secondary N) is 2. The molecule has 0 aromatic heterocycles. The number of nitrogens with zero attached hydrogens (tertiary/aromatic N) is 1. The van der Waals surface area contributed by atoms with Crippen molar-refractivity contribution in [3.05, 3.63) is 72.3 Å². The van der Waals surface area contributed by atoms with Gasteiger partial charge in [0.05, 0.1) is 6.61 Å². The zero-order valence-corrected chi connectivity index (χ0v) is 16.6. The van der Waals surface area contributed by atoms with Gasteiger partial charge in [-0.1, -0.05) is 43.0 Å². The third-order valence-corrected chi connectivity index (χ3v) is 3.91. The number of hydrogen-bond donors (Lipinski definition) is 2. The van der Waals surface area contributed by atoms with Gasteiger partial charge in [0.15, 0.2) is 5.96 Å². The lowest BCUT2D eigenvalue weighted by atomic mass is 10.2. The fraction of sp³-hybridized carbons (Fsp3) is 0.318. The molecule has 0 saturated carbocycles. The Morgan fingerprint density at radius 2 is 1.86 bits per heavy atom. The van der Waals surface area contributed by atoms with Crippen molar-refractivity contribution in [1.29, 1.82) is 0 Å². The summed E-state index contributed by atoms with van der Waals surface area (Å²) in [6, 6.07) is 15.9. The molecule has 0 aliphatic carbocycles. The van der Waals surface area contributed by atoms with Crippen LogP contribution in [0.3, 0.4) is 0 Å². The third kappa shape index (κ3) is 7.32. The Hall–Kier alpha value is -2.99. The van der Waals surface area contributed by atoms with Crippen LogP contribution in [0, 0.1) is 0 Å². The van der Waals surface area contributed by atoms with Gasteiger partial charge in [-0.05, 0) is 23.8 Å². The molecule has 2 aromatic rings. The Morgan fingerprint density at radius 3 is 2.64 bits per heavy atom. The minimum Gasteiger partial charge on any atom is -0.491 e. The van der Waals surface area contributed by atoms with Crippen LogP contribution >= 0.6 is 0 Å². The average molecular weight is 383 g/mol. The standard InChI is InChI=1S/C22H29N3O3/c1-4-12-28-21-11-6-5-9-19(21)17-25-22(23-2)24-16-18-8-7-10-20(15-18)27-14-13-26-3/h4-11,15H,1,12-14,16-17H2,2-3H3,(H2,23,24,25). The molecular weight excluding hydrogens is 354 g/mol. The molecule has 6 heteroatoms. The highest BCUT2D eigenvalue weighted by Crippen LogP contribution is 2.17. The fourth-order valence-electron chi connectivity index (χ4n) is 2.51. The SMILES string of the molecule is C=CCOc1ccccc1CNC(=NC)NCc1cccc(OCCOC)c1. The van der Waals surface area contributed by atoms with Gasteiger partial charge in [0.2, 0.25) is 0 Å². The van der Waals surface area contributed by atoms with Crippen molar-refractivity contribution >= 4 is 5.96 Å². The van der Waals surface area contributed by atoms with E-state index in [0.29, 0.717) is 38.9 Å². The van der Waals surface area contributed by atoms with Gasteiger partial charge in [0, 0.05) is 32.8 Å². The predicted octanol–water partition coefficient (Wildman–Crippen LogP) is 3.14. The molecule has 6 nitrogen and oxygen atoms in total. The van der Waals surface area contributed by atoms with Crippen LogP contribution in [0.1, 0.15) is 11.1 Å². The summed E-state index contributed by atoms with van der Waals surface area (Å²) in [5, 5.41) is 6.63. The van der Waals surface area contributed by atoms with Crippen LogP contribution in [-0.4, -0.2) is 39.9 Å². The molecule has 2 rings (SSSR count). The summed E-state index contributed by atoms with van der Waals surface area (Å²) in [5.41, 5.74) is 2.16. The zero-order valence-electron chi connectivity index (χ0n) is 16.6. The first kappa shape index (κ1) is 21.3. The second-order valence-corrected chi connectivity index (χ2v) is 5.98. The van der Waals surface area contributed by atoms with E-state index in [-0.39, 0.29) is 0 Å². The van der Waals surface area contributed by atoms with Gasteiger partial charge in [0.1, 0.15) is 24.7 Å². The molecule has 0 radical (unpaired) electrons. The van der Waals surface area contributed by atoms with E-state index in [4.69, 9.17) is 14.2 Å². The second-order valence-electron chi connectivity index (χ2n) is 5.98. The van der Waals surface area contributed by atoms with Gasteiger partial charge < -0.3 is 24.8 Å². The number of hydrogen-bond acceptors (Lipinski definition) is 4. The fourth-order valence-corrected chi connectivity index (χ4v) is 2.51. The Balaban J connectivity index is 1.87. The monoisotopic (exact) mass is 383 g/mol. The number of ether oxygens (including phenoxy) is 3. The van der Waals surface area contributed by atoms with Crippen molar-refractivity contribution in [2.45, 2.75) is 13.1 Å². The van der Waals surface area contributed by atoms with Gasteiger partial charge in [-0.3, -0.25) is 4.99 Å². The summed E-state index contributed by atoms with van der Waals surface area (Å²) in [5.74, 6) is 2.38. The summed E-state index contributed by atoms with van der Waals surface area (Å²) in [7, 11) is 3.41. The quantitative estimate of drug-likeness (QED) is 0.270. The molecule has 28 heavy (non-hydrogen) atoms. The first-order chi connectivity index (χ1) is 13.8. The molecule has 0 unspecified atom stereocenters. The Labute approximate surface area is 167 Å². The summed E-state index contributed by atoms with van der Waals surface area (Å²) >= 11 is 0. The van der Waals surface area contributed by atoms with Crippen LogP contribution in [0.4, 0.5) is 0 Å². The number of benzene rings is 2. The van der Waals surface area contributed by atoms with Gasteiger partial charge in [-0.25, -0.2) is 0 Å². The molecule has 0 aliphatic rings. The van der Waals surface area contributed by atoms with Crippen LogP contribution < -0.4 is 20.1 Å². The first-order valence-corrected chi connectivity index (χ1v) is 9.23. The van der Waals surface area contributed by atoms with Crippen LogP contribution in [0.5, 0.6) is 11.5 Å². The molecule has 0 aliphatic heterocycles. The highest BCUT2D eigenvalue weighted by molar-refractivity contribution is 5.79. The van der Waals surface area contributed by atoms with E-state index in [1.807, 2.05) is 48.5 Å². The lowest BCUT2D eigenvalue weighted by Crippen LogP contribution is -2.36. The van der Waals surface area contributed by atoms with Crippen LogP contribution in [0.25, 0.3) is 0 Å². The lowest BCUT2D eigenvalue weighted by molar-refractivity contribution is 0.146. The minimum atomic E-state index is 0.479. The maximum atomic E-state index is 5.69. The molecule has 2 N–H and O–H groups in total. The van der Waals surface area contributed by atoms with Crippen molar-refractivity contribution in [1.82, 2.24) is 10.6 Å². The molecule has 0 bridgehead atoms. The number of aliphatic imine (C=N–C) groups is 1. The predicted molar refractivity (Wildman–Crippen MR) is 113 cm³/mol. The second kappa shape index (κ2) is 12.4. The normalized spacial score (nSPS) is 11.0. The van der Waals surface area contributed by atoms with Crippen molar-refractivity contribution < 1.29 is 14.2 Å². The highest BCUT2D eigenvalue weighted by Gasteiger charge is 2.05. The van der Waals surface area contributed by atoms with Crippen molar-refractivity contribution in [3.8, 4) is 11.5 Å². The molecule has 0 spiro atoms. The number of rotatable bonds is 11. The molecule has 0 saturated heterocycles. The lowest BCUT2D eigenvalue weighted by Gasteiger charge is -2.15. The zero-order chi connectivity index (χ0) is 20.0. The summed E-state index contributed by atoms with van der Waals surface area (Å²) in [6.45, 7) is 6.50. The smallest absolute Gasteiger partial charge is 0.191 e. The van der Waals surface area contributed by atoms with Gasteiger partial charge in [-0.15, -0.1) is 0 Å². The summed E-state index contributed by atoms with van der Waals surface area (Å²) in [4.78, 5) is 4.28. The first-order valence-electron chi connectivity index (χ1n) is 9.23. The Kier molecular flexibility index (Phi) is 9.44. The minimum absolute atomic E-state index is 0.479. The average Bonchev–Trinajstić information content (AvgIpc) is 2.73. The Morgan fingerprint density at radius 1 is 1.04 bits per heavy atom. The Bertz CT molecular complexity index is 762. The molecule has 0 atom stereocenters. The number of methoxy groups -OCH3 is 1. The summed E-state index contributed by atoms with van der Waals surface area (Å²) in [6.07, 6.45) is 1.73. The maximum absolute atomic E-state index is 5.69.